The van der Waals surface area contributed by atoms with Gasteiger partial charge >= 0.3 is 0 Å². The molecule has 64 valence electrons. The SMILES string of the molecule is O=C1CC[C@H]2[C@@H]1[C@H]1C=C[C@@H]2CC1. The minimum atomic E-state index is 0.439. The first-order valence-electron chi connectivity index (χ1n) is 5.07. The van der Waals surface area contributed by atoms with Gasteiger partial charge < -0.3 is 0 Å². The number of rotatable bonds is 0. The first-order valence-corrected chi connectivity index (χ1v) is 5.07. The second-order valence-electron chi connectivity index (χ2n) is 4.48. The van der Waals surface area contributed by atoms with Crippen molar-refractivity contribution in [2.24, 2.45) is 23.7 Å². The maximum absolute atomic E-state index is 11.6. The largest absolute Gasteiger partial charge is 0.299 e. The van der Waals surface area contributed by atoms with Crippen molar-refractivity contribution in [1.29, 1.82) is 0 Å². The van der Waals surface area contributed by atoms with Crippen molar-refractivity contribution in [2.45, 2.75) is 25.7 Å². The van der Waals surface area contributed by atoms with Crippen molar-refractivity contribution in [3.8, 4) is 0 Å². The molecule has 2 saturated carbocycles. The zero-order valence-electron chi connectivity index (χ0n) is 7.20. The highest BCUT2D eigenvalue weighted by Gasteiger charge is 2.47. The molecule has 0 N–H and O–H groups in total. The molecule has 0 spiro atoms. The fourth-order valence-electron chi connectivity index (χ4n) is 3.45. The van der Waals surface area contributed by atoms with E-state index in [4.69, 9.17) is 0 Å². The quantitative estimate of drug-likeness (QED) is 0.499. The highest BCUT2D eigenvalue weighted by molar-refractivity contribution is 5.84. The zero-order chi connectivity index (χ0) is 8.13. The molecule has 1 nitrogen and oxygen atoms in total. The molecule has 4 aliphatic carbocycles. The number of ketones is 1. The van der Waals surface area contributed by atoms with Crippen LogP contribution in [0.4, 0.5) is 0 Å². The van der Waals surface area contributed by atoms with Crippen LogP contribution in [0.3, 0.4) is 0 Å². The van der Waals surface area contributed by atoms with E-state index >= 15 is 0 Å². The number of Topliss-reactive ketones (excluding diaryl/α,β-unsaturated/α-hetero) is 1. The van der Waals surface area contributed by atoms with Gasteiger partial charge in [0.15, 0.2) is 0 Å². The number of carbonyl (C=O) groups excluding carboxylic acids is 1. The van der Waals surface area contributed by atoms with Crippen molar-refractivity contribution >= 4 is 5.78 Å². The highest BCUT2D eigenvalue weighted by atomic mass is 16.1. The summed E-state index contributed by atoms with van der Waals surface area (Å²) in [6, 6.07) is 0. The lowest BCUT2D eigenvalue weighted by atomic mass is 9.63. The van der Waals surface area contributed by atoms with Crippen LogP contribution in [0.5, 0.6) is 0 Å². The van der Waals surface area contributed by atoms with Crippen LogP contribution < -0.4 is 0 Å². The molecule has 4 atom stereocenters. The topological polar surface area (TPSA) is 17.1 Å². The first-order chi connectivity index (χ1) is 5.86. The van der Waals surface area contributed by atoms with Crippen LogP contribution in [0.1, 0.15) is 25.7 Å². The van der Waals surface area contributed by atoms with Gasteiger partial charge in [-0.2, -0.15) is 0 Å². The molecule has 0 heterocycles. The molecular weight excluding hydrogens is 148 g/mol. The Hall–Kier alpha value is -0.590. The summed E-state index contributed by atoms with van der Waals surface area (Å²) in [6.07, 6.45) is 9.33. The monoisotopic (exact) mass is 162 g/mol. The molecule has 0 unspecified atom stereocenters. The Bertz CT molecular complexity index is 254. The molecule has 4 aliphatic rings. The summed E-state index contributed by atoms with van der Waals surface area (Å²) in [6.45, 7) is 0. The molecule has 2 bridgehead atoms. The minimum absolute atomic E-state index is 0.439. The maximum atomic E-state index is 11.6. The van der Waals surface area contributed by atoms with E-state index in [0.717, 1.165) is 18.3 Å². The Morgan fingerprint density at radius 2 is 1.83 bits per heavy atom. The predicted molar refractivity (Wildman–Crippen MR) is 46.6 cm³/mol. The Kier molecular flexibility index (Phi) is 1.27. The van der Waals surface area contributed by atoms with Gasteiger partial charge in [0, 0.05) is 12.3 Å². The lowest BCUT2D eigenvalue weighted by Gasteiger charge is -2.40. The average molecular weight is 162 g/mol. The summed E-state index contributed by atoms with van der Waals surface area (Å²) in [7, 11) is 0. The van der Waals surface area contributed by atoms with Crippen molar-refractivity contribution < 1.29 is 4.79 Å². The van der Waals surface area contributed by atoms with Crippen LogP contribution in [-0.2, 0) is 4.79 Å². The van der Waals surface area contributed by atoms with E-state index in [2.05, 4.69) is 12.2 Å². The fraction of sp³-hybridized carbons (Fsp3) is 0.727. The third-order valence-electron chi connectivity index (χ3n) is 4.01. The summed E-state index contributed by atoms with van der Waals surface area (Å²) < 4.78 is 0. The zero-order valence-corrected chi connectivity index (χ0v) is 7.20. The lowest BCUT2D eigenvalue weighted by molar-refractivity contribution is -0.123. The number of fused-ring (bicyclic) bond motifs is 1. The minimum Gasteiger partial charge on any atom is -0.299 e. The van der Waals surface area contributed by atoms with Crippen LogP contribution in [0.15, 0.2) is 12.2 Å². The van der Waals surface area contributed by atoms with Gasteiger partial charge in [-0.3, -0.25) is 4.79 Å². The van der Waals surface area contributed by atoms with Crippen LogP contribution >= 0.6 is 0 Å². The van der Waals surface area contributed by atoms with Gasteiger partial charge in [-0.05, 0) is 37.0 Å². The van der Waals surface area contributed by atoms with Crippen molar-refractivity contribution in [3.05, 3.63) is 12.2 Å². The lowest BCUT2D eigenvalue weighted by Crippen LogP contribution is -2.36. The van der Waals surface area contributed by atoms with Gasteiger partial charge in [0.1, 0.15) is 5.78 Å². The summed E-state index contributed by atoms with van der Waals surface area (Å²) in [5, 5.41) is 0. The standard InChI is InChI=1S/C11H14O/c12-10-6-5-9-7-1-3-8(4-2-7)11(9)10/h1,3,7-9,11H,2,4-6H2/t7-,8+,9-,11+/m1/s1. The first kappa shape index (κ1) is 6.88. The Morgan fingerprint density at radius 3 is 2.50 bits per heavy atom. The number of carbonyl (C=O) groups is 1. The van der Waals surface area contributed by atoms with E-state index in [1.165, 1.54) is 19.3 Å². The van der Waals surface area contributed by atoms with Crippen LogP contribution in [0.25, 0.3) is 0 Å². The van der Waals surface area contributed by atoms with Gasteiger partial charge in [-0.25, -0.2) is 0 Å². The number of hydrogen-bond donors (Lipinski definition) is 0. The molecule has 12 heavy (non-hydrogen) atoms. The van der Waals surface area contributed by atoms with E-state index < -0.39 is 0 Å². The Morgan fingerprint density at radius 1 is 1.08 bits per heavy atom. The molecule has 1 heteroatoms. The van der Waals surface area contributed by atoms with E-state index in [1.807, 2.05) is 0 Å². The molecular formula is C11H14O. The van der Waals surface area contributed by atoms with Crippen molar-refractivity contribution in [3.63, 3.8) is 0 Å². The third kappa shape index (κ3) is 0.720. The van der Waals surface area contributed by atoms with E-state index in [0.29, 0.717) is 17.6 Å². The van der Waals surface area contributed by atoms with Gasteiger partial charge in [0.2, 0.25) is 0 Å². The molecule has 4 rings (SSSR count). The van der Waals surface area contributed by atoms with Gasteiger partial charge in [-0.15, -0.1) is 0 Å². The second-order valence-corrected chi connectivity index (χ2v) is 4.48. The maximum Gasteiger partial charge on any atom is 0.136 e. The summed E-state index contributed by atoms with van der Waals surface area (Å²) in [5.74, 6) is 3.11. The highest BCUT2D eigenvalue weighted by Crippen LogP contribution is 2.50. The molecule has 0 aromatic heterocycles. The predicted octanol–water partition coefficient (Wildman–Crippen LogP) is 2.18. The number of allylic oxidation sites excluding steroid dienone is 2. The molecule has 2 fully saturated rings. The third-order valence-corrected chi connectivity index (χ3v) is 4.01. The number of hydrogen-bond acceptors (Lipinski definition) is 1. The normalized spacial score (nSPS) is 49.8. The summed E-state index contributed by atoms with van der Waals surface area (Å²) >= 11 is 0. The summed E-state index contributed by atoms with van der Waals surface area (Å²) in [4.78, 5) is 11.6. The Labute approximate surface area is 72.8 Å². The molecule has 0 aromatic carbocycles. The fourth-order valence-corrected chi connectivity index (χ4v) is 3.45. The van der Waals surface area contributed by atoms with Crippen molar-refractivity contribution in [1.82, 2.24) is 0 Å². The van der Waals surface area contributed by atoms with E-state index in [9.17, 15) is 4.79 Å². The average Bonchev–Trinajstić information content (AvgIpc) is 2.53. The van der Waals surface area contributed by atoms with Gasteiger partial charge in [-0.1, -0.05) is 12.2 Å². The van der Waals surface area contributed by atoms with Crippen LogP contribution in [0, 0.1) is 23.7 Å². The van der Waals surface area contributed by atoms with Crippen LogP contribution in [-0.4, -0.2) is 5.78 Å². The van der Waals surface area contributed by atoms with E-state index in [1.54, 1.807) is 0 Å². The van der Waals surface area contributed by atoms with E-state index in [-0.39, 0.29) is 0 Å². The summed E-state index contributed by atoms with van der Waals surface area (Å²) in [5.41, 5.74) is 0. The molecule has 0 radical (unpaired) electrons. The smallest absolute Gasteiger partial charge is 0.136 e. The van der Waals surface area contributed by atoms with Crippen molar-refractivity contribution in [2.75, 3.05) is 0 Å². The van der Waals surface area contributed by atoms with Gasteiger partial charge in [0.25, 0.3) is 0 Å². The molecule has 0 saturated heterocycles. The molecule has 0 amide bonds. The Balaban J connectivity index is 2.01. The molecule has 0 aliphatic heterocycles. The van der Waals surface area contributed by atoms with Crippen LogP contribution in [0.2, 0.25) is 0 Å². The van der Waals surface area contributed by atoms with Gasteiger partial charge in [0.05, 0.1) is 0 Å². The molecule has 0 aromatic rings. The second kappa shape index (κ2) is 2.21.